The van der Waals surface area contributed by atoms with Gasteiger partial charge in [-0.05, 0) is 76.6 Å². The van der Waals surface area contributed by atoms with E-state index in [1.807, 2.05) is 13.8 Å². The molecule has 0 aliphatic carbocycles. The highest BCUT2D eigenvalue weighted by Gasteiger charge is 2.34. The molecule has 228 valence electrons. The number of hydrogen-bond donors (Lipinski definition) is 0. The maximum atomic E-state index is 14.1. The van der Waals surface area contributed by atoms with Crippen molar-refractivity contribution < 1.29 is 33.3 Å². The molecular formula is C31H33BrN2O8S. The molecule has 1 aromatic heterocycles. The molecule has 0 N–H and O–H groups in total. The fourth-order valence-electron chi connectivity index (χ4n) is 4.56. The van der Waals surface area contributed by atoms with Crippen molar-refractivity contribution in [1.29, 1.82) is 0 Å². The van der Waals surface area contributed by atoms with Gasteiger partial charge in [0.2, 0.25) is 0 Å². The number of rotatable bonds is 11. The van der Waals surface area contributed by atoms with Crippen LogP contribution in [0.15, 0.2) is 61.9 Å². The van der Waals surface area contributed by atoms with E-state index in [0.29, 0.717) is 43.4 Å². The van der Waals surface area contributed by atoms with Gasteiger partial charge in [-0.3, -0.25) is 9.36 Å². The van der Waals surface area contributed by atoms with Crippen LogP contribution in [0.4, 0.5) is 0 Å². The van der Waals surface area contributed by atoms with Crippen molar-refractivity contribution in [2.45, 2.75) is 46.8 Å². The van der Waals surface area contributed by atoms with Crippen LogP contribution in [0.5, 0.6) is 17.2 Å². The molecule has 0 spiro atoms. The predicted molar refractivity (Wildman–Crippen MR) is 165 cm³/mol. The van der Waals surface area contributed by atoms with Gasteiger partial charge in [0.05, 0.1) is 48.3 Å². The number of methoxy groups -OCH3 is 1. The molecule has 0 radical (unpaired) electrons. The van der Waals surface area contributed by atoms with Crippen LogP contribution >= 0.6 is 27.3 Å². The number of esters is 2. The van der Waals surface area contributed by atoms with Crippen molar-refractivity contribution in [2.24, 2.45) is 4.99 Å². The minimum absolute atomic E-state index is 0.0844. The summed E-state index contributed by atoms with van der Waals surface area (Å²) in [5.74, 6) is 0.331. The summed E-state index contributed by atoms with van der Waals surface area (Å²) in [6.45, 7) is 9.10. The summed E-state index contributed by atoms with van der Waals surface area (Å²) in [4.78, 5) is 44.3. The van der Waals surface area contributed by atoms with E-state index in [1.165, 1.54) is 23.0 Å². The maximum absolute atomic E-state index is 14.1. The molecule has 10 nitrogen and oxygen atoms in total. The quantitative estimate of drug-likeness (QED) is 0.277. The van der Waals surface area contributed by atoms with Gasteiger partial charge in [-0.25, -0.2) is 14.6 Å². The number of nitrogens with zero attached hydrogens (tertiary/aromatic N) is 2. The van der Waals surface area contributed by atoms with E-state index in [9.17, 15) is 14.4 Å². The van der Waals surface area contributed by atoms with Crippen molar-refractivity contribution in [3.63, 3.8) is 0 Å². The molecule has 0 unspecified atom stereocenters. The molecule has 1 aliphatic rings. The molecule has 1 aliphatic heterocycles. The number of aromatic nitrogens is 1. The number of hydrogen-bond acceptors (Lipinski definition) is 10. The number of carbonyl (C=O) groups excluding carboxylic acids is 2. The van der Waals surface area contributed by atoms with E-state index in [4.69, 9.17) is 23.7 Å². The molecule has 0 fully saturated rings. The predicted octanol–water partition coefficient (Wildman–Crippen LogP) is 4.30. The van der Waals surface area contributed by atoms with Crippen LogP contribution in [0, 0.1) is 0 Å². The summed E-state index contributed by atoms with van der Waals surface area (Å²) in [5.41, 5.74) is 1.53. The Kier molecular flexibility index (Phi) is 10.5. The first-order valence-corrected chi connectivity index (χ1v) is 15.3. The SMILES string of the molecule is CCOC(=O)COc1ccc(Br)cc1/C=c1/sc2n(c1=O)[C@H](c1ccc(OC(C)C)c(OC)c1)C(C(=O)OCC)=C(C)N=2. The molecule has 0 saturated heterocycles. The molecule has 43 heavy (non-hydrogen) atoms. The third-order valence-electron chi connectivity index (χ3n) is 6.29. The van der Waals surface area contributed by atoms with Crippen molar-refractivity contribution >= 4 is 45.3 Å². The minimum Gasteiger partial charge on any atom is -0.493 e. The van der Waals surface area contributed by atoms with E-state index < -0.39 is 18.0 Å². The highest BCUT2D eigenvalue weighted by Crippen LogP contribution is 2.36. The van der Waals surface area contributed by atoms with Crippen molar-refractivity contribution in [2.75, 3.05) is 26.9 Å². The summed E-state index contributed by atoms with van der Waals surface area (Å²) in [7, 11) is 1.53. The Bertz CT molecular complexity index is 1740. The molecule has 0 amide bonds. The largest absolute Gasteiger partial charge is 0.493 e. The van der Waals surface area contributed by atoms with Gasteiger partial charge in [-0.1, -0.05) is 33.3 Å². The maximum Gasteiger partial charge on any atom is 0.344 e. The van der Waals surface area contributed by atoms with Gasteiger partial charge >= 0.3 is 11.9 Å². The lowest BCUT2D eigenvalue weighted by molar-refractivity contribution is -0.145. The Hall–Kier alpha value is -3.90. The second-order valence-electron chi connectivity index (χ2n) is 9.66. The van der Waals surface area contributed by atoms with Gasteiger partial charge in [0, 0.05) is 10.0 Å². The molecular weight excluding hydrogens is 640 g/mol. The number of ether oxygens (including phenoxy) is 5. The fourth-order valence-corrected chi connectivity index (χ4v) is 5.97. The zero-order valence-corrected chi connectivity index (χ0v) is 27.2. The zero-order valence-electron chi connectivity index (χ0n) is 24.8. The average molecular weight is 674 g/mol. The lowest BCUT2D eigenvalue weighted by Crippen LogP contribution is -2.40. The standard InChI is InChI=1S/C31H33BrN2O8S/c1-7-39-26(35)16-41-22-12-10-21(32)13-20(22)15-25-29(36)34-28(19-9-11-23(42-17(3)4)24(14-19)38-6)27(30(37)40-8-2)18(5)33-31(34)43-25/h9-15,17,28H,7-8,16H2,1-6H3/b25-15+/t28-/m1/s1. The van der Waals surface area contributed by atoms with Gasteiger partial charge in [-0.15, -0.1) is 0 Å². The van der Waals surface area contributed by atoms with E-state index >= 15 is 0 Å². The van der Waals surface area contributed by atoms with Crippen LogP contribution in [0.3, 0.4) is 0 Å². The highest BCUT2D eigenvalue weighted by atomic mass is 79.9. The Morgan fingerprint density at radius 1 is 1.07 bits per heavy atom. The Balaban J connectivity index is 1.89. The van der Waals surface area contributed by atoms with E-state index in [-0.39, 0.29) is 37.1 Å². The topological polar surface area (TPSA) is 115 Å². The van der Waals surface area contributed by atoms with Gasteiger partial charge in [-0.2, -0.15) is 0 Å². The van der Waals surface area contributed by atoms with Crippen LogP contribution < -0.4 is 29.1 Å². The van der Waals surface area contributed by atoms with Crippen LogP contribution in [0.25, 0.3) is 6.08 Å². The molecule has 12 heteroatoms. The van der Waals surface area contributed by atoms with E-state index in [1.54, 1.807) is 63.2 Å². The number of thiazole rings is 1. The molecule has 2 aromatic carbocycles. The number of benzene rings is 2. The number of halogens is 1. The van der Waals surface area contributed by atoms with E-state index in [0.717, 1.165) is 4.47 Å². The second kappa shape index (κ2) is 14.0. The average Bonchev–Trinajstić information content (AvgIpc) is 3.26. The lowest BCUT2D eigenvalue weighted by Gasteiger charge is -2.25. The zero-order chi connectivity index (χ0) is 31.3. The monoisotopic (exact) mass is 672 g/mol. The van der Waals surface area contributed by atoms with Crippen LogP contribution in [0.2, 0.25) is 0 Å². The summed E-state index contributed by atoms with van der Waals surface area (Å²) < 4.78 is 30.2. The van der Waals surface area contributed by atoms with E-state index in [2.05, 4.69) is 20.9 Å². The Morgan fingerprint density at radius 2 is 1.79 bits per heavy atom. The first-order valence-electron chi connectivity index (χ1n) is 13.7. The second-order valence-corrected chi connectivity index (χ2v) is 11.6. The van der Waals surface area contributed by atoms with Crippen molar-refractivity contribution in [3.8, 4) is 17.2 Å². The molecule has 0 bridgehead atoms. The summed E-state index contributed by atoms with van der Waals surface area (Å²) in [6.07, 6.45) is 1.59. The van der Waals surface area contributed by atoms with Gasteiger partial charge < -0.3 is 23.7 Å². The molecule has 4 rings (SSSR count). The lowest BCUT2D eigenvalue weighted by atomic mass is 9.95. The molecule has 0 saturated carbocycles. The highest BCUT2D eigenvalue weighted by molar-refractivity contribution is 9.10. The summed E-state index contributed by atoms with van der Waals surface area (Å²) in [6, 6.07) is 9.74. The van der Waals surface area contributed by atoms with Crippen molar-refractivity contribution in [3.05, 3.63) is 83.0 Å². The number of fused-ring (bicyclic) bond motifs is 1. The Labute approximate surface area is 261 Å². The third kappa shape index (κ3) is 7.19. The summed E-state index contributed by atoms with van der Waals surface area (Å²) >= 11 is 4.64. The Morgan fingerprint density at radius 3 is 2.47 bits per heavy atom. The van der Waals surface area contributed by atoms with Gasteiger partial charge in [0.15, 0.2) is 22.9 Å². The van der Waals surface area contributed by atoms with Crippen LogP contribution in [-0.4, -0.2) is 49.5 Å². The third-order valence-corrected chi connectivity index (χ3v) is 7.77. The minimum atomic E-state index is -0.832. The summed E-state index contributed by atoms with van der Waals surface area (Å²) in [5, 5.41) is 0. The van der Waals surface area contributed by atoms with Gasteiger partial charge in [0.25, 0.3) is 5.56 Å². The van der Waals surface area contributed by atoms with Crippen LogP contribution in [0.1, 0.15) is 51.8 Å². The first-order chi connectivity index (χ1) is 20.6. The fraction of sp³-hybridized carbons (Fsp3) is 0.355. The molecule has 2 heterocycles. The van der Waals surface area contributed by atoms with Gasteiger partial charge in [0.1, 0.15) is 5.75 Å². The number of allylic oxidation sites excluding steroid dienone is 1. The number of carbonyl (C=O) groups is 2. The van der Waals surface area contributed by atoms with Crippen molar-refractivity contribution in [1.82, 2.24) is 4.57 Å². The smallest absolute Gasteiger partial charge is 0.344 e. The van der Waals surface area contributed by atoms with Crippen LogP contribution in [-0.2, 0) is 19.1 Å². The molecule has 3 aromatic rings. The molecule has 1 atom stereocenters. The normalized spacial score (nSPS) is 14.7. The first kappa shape index (κ1) is 32.0.